The van der Waals surface area contributed by atoms with Gasteiger partial charge in [0.15, 0.2) is 11.6 Å². The van der Waals surface area contributed by atoms with Crippen molar-refractivity contribution in [3.63, 3.8) is 0 Å². The highest BCUT2D eigenvalue weighted by Gasteiger charge is 2.11. The summed E-state index contributed by atoms with van der Waals surface area (Å²) in [6, 6.07) is 3.96. The number of allylic oxidation sites excluding steroid dienone is 1. The van der Waals surface area contributed by atoms with Crippen LogP contribution in [0.15, 0.2) is 29.8 Å². The van der Waals surface area contributed by atoms with Gasteiger partial charge in [-0.2, -0.15) is 0 Å². The SMILES string of the molecule is CC(C)=CC(Cc1cccc(F)c1F)NN. The molecule has 1 aromatic carbocycles. The minimum absolute atomic E-state index is 0.193. The molecule has 16 heavy (non-hydrogen) atoms. The predicted octanol–water partition coefficient (Wildman–Crippen LogP) is 2.31. The predicted molar refractivity (Wildman–Crippen MR) is 60.6 cm³/mol. The lowest BCUT2D eigenvalue weighted by Crippen LogP contribution is -2.35. The van der Waals surface area contributed by atoms with Crippen molar-refractivity contribution >= 4 is 0 Å². The van der Waals surface area contributed by atoms with E-state index < -0.39 is 11.6 Å². The van der Waals surface area contributed by atoms with Crippen LogP contribution in [-0.4, -0.2) is 6.04 Å². The summed E-state index contributed by atoms with van der Waals surface area (Å²) in [7, 11) is 0. The lowest BCUT2D eigenvalue weighted by molar-refractivity contribution is 0.491. The minimum Gasteiger partial charge on any atom is -0.271 e. The zero-order valence-electron chi connectivity index (χ0n) is 9.43. The van der Waals surface area contributed by atoms with Crippen molar-refractivity contribution in [1.29, 1.82) is 0 Å². The quantitative estimate of drug-likeness (QED) is 0.469. The Labute approximate surface area is 94.1 Å². The van der Waals surface area contributed by atoms with Crippen molar-refractivity contribution in [2.75, 3.05) is 0 Å². The molecule has 0 heterocycles. The van der Waals surface area contributed by atoms with Gasteiger partial charge in [0.05, 0.1) is 0 Å². The zero-order chi connectivity index (χ0) is 12.1. The van der Waals surface area contributed by atoms with Crippen molar-refractivity contribution in [3.8, 4) is 0 Å². The summed E-state index contributed by atoms with van der Waals surface area (Å²) < 4.78 is 26.3. The molecule has 88 valence electrons. The van der Waals surface area contributed by atoms with Crippen molar-refractivity contribution < 1.29 is 8.78 Å². The molecule has 1 aromatic rings. The van der Waals surface area contributed by atoms with Crippen LogP contribution in [0.5, 0.6) is 0 Å². The Morgan fingerprint density at radius 2 is 2.12 bits per heavy atom. The van der Waals surface area contributed by atoms with Crippen LogP contribution >= 0.6 is 0 Å². The molecule has 0 aliphatic heterocycles. The molecule has 0 aromatic heterocycles. The Kier molecular flexibility index (Phi) is 4.58. The molecule has 0 aliphatic rings. The second-order valence-corrected chi connectivity index (χ2v) is 3.93. The van der Waals surface area contributed by atoms with E-state index in [0.717, 1.165) is 11.6 Å². The van der Waals surface area contributed by atoms with E-state index in [9.17, 15) is 8.78 Å². The number of rotatable bonds is 4. The van der Waals surface area contributed by atoms with Gasteiger partial charge in [-0.15, -0.1) is 0 Å². The second kappa shape index (κ2) is 5.72. The first-order chi connectivity index (χ1) is 7.54. The highest BCUT2D eigenvalue weighted by atomic mass is 19.2. The molecule has 4 heteroatoms. The molecule has 1 unspecified atom stereocenters. The number of hydrazine groups is 1. The van der Waals surface area contributed by atoms with Crippen molar-refractivity contribution in [2.24, 2.45) is 5.84 Å². The molecule has 0 spiro atoms. The van der Waals surface area contributed by atoms with Crippen LogP contribution in [0, 0.1) is 11.6 Å². The standard InChI is InChI=1S/C12H16F2N2/c1-8(2)6-10(16-15)7-9-4-3-5-11(13)12(9)14/h3-6,10,16H,7,15H2,1-2H3. The highest BCUT2D eigenvalue weighted by molar-refractivity contribution is 5.21. The molecule has 0 saturated heterocycles. The van der Waals surface area contributed by atoms with Crippen LogP contribution in [0.1, 0.15) is 19.4 Å². The van der Waals surface area contributed by atoms with Crippen LogP contribution in [0.25, 0.3) is 0 Å². The lowest BCUT2D eigenvalue weighted by Gasteiger charge is -2.13. The monoisotopic (exact) mass is 226 g/mol. The Morgan fingerprint density at radius 1 is 1.44 bits per heavy atom. The third kappa shape index (κ3) is 3.40. The first-order valence-electron chi connectivity index (χ1n) is 5.08. The van der Waals surface area contributed by atoms with E-state index in [1.807, 2.05) is 19.9 Å². The van der Waals surface area contributed by atoms with Crippen molar-refractivity contribution in [3.05, 3.63) is 47.0 Å². The minimum atomic E-state index is -0.828. The molecule has 0 radical (unpaired) electrons. The number of nitrogens with two attached hydrogens (primary N) is 1. The molecule has 1 rings (SSSR count). The summed E-state index contributed by atoms with van der Waals surface area (Å²) in [5, 5.41) is 0. The van der Waals surface area contributed by atoms with Crippen LogP contribution < -0.4 is 11.3 Å². The average molecular weight is 226 g/mol. The number of hydrogen-bond acceptors (Lipinski definition) is 2. The number of hydrogen-bond donors (Lipinski definition) is 2. The van der Waals surface area contributed by atoms with Crippen LogP contribution in [0.3, 0.4) is 0 Å². The van der Waals surface area contributed by atoms with Crippen LogP contribution in [-0.2, 0) is 6.42 Å². The second-order valence-electron chi connectivity index (χ2n) is 3.93. The van der Waals surface area contributed by atoms with Crippen molar-refractivity contribution in [1.82, 2.24) is 5.43 Å². The van der Waals surface area contributed by atoms with Gasteiger partial charge in [-0.3, -0.25) is 11.3 Å². The smallest absolute Gasteiger partial charge is 0.162 e. The maximum Gasteiger partial charge on any atom is 0.162 e. The molecular weight excluding hydrogens is 210 g/mol. The Morgan fingerprint density at radius 3 is 2.69 bits per heavy atom. The lowest BCUT2D eigenvalue weighted by atomic mass is 10.0. The van der Waals surface area contributed by atoms with Gasteiger partial charge in [0, 0.05) is 6.04 Å². The molecular formula is C12H16F2N2. The van der Waals surface area contributed by atoms with Gasteiger partial charge in [-0.05, 0) is 31.9 Å². The van der Waals surface area contributed by atoms with Gasteiger partial charge < -0.3 is 0 Å². The van der Waals surface area contributed by atoms with Gasteiger partial charge >= 0.3 is 0 Å². The number of nitrogens with one attached hydrogen (secondary N) is 1. The fraction of sp³-hybridized carbons (Fsp3) is 0.333. The Hall–Kier alpha value is -1.26. The summed E-state index contributed by atoms with van der Waals surface area (Å²) >= 11 is 0. The largest absolute Gasteiger partial charge is 0.271 e. The van der Waals surface area contributed by atoms with Crippen molar-refractivity contribution in [2.45, 2.75) is 26.3 Å². The summed E-state index contributed by atoms with van der Waals surface area (Å²) in [5.74, 6) is 3.72. The molecule has 0 bridgehead atoms. The third-order valence-corrected chi connectivity index (χ3v) is 2.22. The fourth-order valence-electron chi connectivity index (χ4n) is 1.51. The topological polar surface area (TPSA) is 38.0 Å². The van der Waals surface area contributed by atoms with E-state index in [-0.39, 0.29) is 6.04 Å². The molecule has 0 aliphatic carbocycles. The molecule has 3 N–H and O–H groups in total. The number of halogens is 2. The Balaban J connectivity index is 2.86. The zero-order valence-corrected chi connectivity index (χ0v) is 9.43. The van der Waals surface area contributed by atoms with Gasteiger partial charge in [0.25, 0.3) is 0 Å². The molecule has 1 atom stereocenters. The van der Waals surface area contributed by atoms with E-state index in [2.05, 4.69) is 5.43 Å². The molecule has 0 amide bonds. The maximum absolute atomic E-state index is 13.4. The van der Waals surface area contributed by atoms with Gasteiger partial charge in [-0.25, -0.2) is 8.78 Å². The van der Waals surface area contributed by atoms with E-state index >= 15 is 0 Å². The summed E-state index contributed by atoms with van der Waals surface area (Å²) in [6.45, 7) is 3.85. The maximum atomic E-state index is 13.4. The van der Waals surface area contributed by atoms with Crippen LogP contribution in [0.2, 0.25) is 0 Å². The molecule has 2 nitrogen and oxygen atoms in total. The molecule has 0 fully saturated rings. The number of benzene rings is 1. The van der Waals surface area contributed by atoms with Gasteiger partial charge in [0.2, 0.25) is 0 Å². The van der Waals surface area contributed by atoms with Crippen LogP contribution in [0.4, 0.5) is 8.78 Å². The normalized spacial score (nSPS) is 12.3. The fourth-order valence-corrected chi connectivity index (χ4v) is 1.51. The summed E-state index contributed by atoms with van der Waals surface area (Å²) in [6.07, 6.45) is 2.20. The van der Waals surface area contributed by atoms with E-state index in [1.54, 1.807) is 6.07 Å². The van der Waals surface area contributed by atoms with Gasteiger partial charge in [-0.1, -0.05) is 23.8 Å². The third-order valence-electron chi connectivity index (χ3n) is 2.22. The highest BCUT2D eigenvalue weighted by Crippen LogP contribution is 2.14. The first kappa shape index (κ1) is 12.8. The van der Waals surface area contributed by atoms with E-state index in [0.29, 0.717) is 12.0 Å². The first-order valence-corrected chi connectivity index (χ1v) is 5.08. The molecule has 0 saturated carbocycles. The average Bonchev–Trinajstić information content (AvgIpc) is 2.23. The van der Waals surface area contributed by atoms with E-state index in [1.165, 1.54) is 6.07 Å². The summed E-state index contributed by atoms with van der Waals surface area (Å²) in [4.78, 5) is 0. The van der Waals surface area contributed by atoms with E-state index in [4.69, 9.17) is 5.84 Å². The summed E-state index contributed by atoms with van der Waals surface area (Å²) in [5.41, 5.74) is 3.95. The van der Waals surface area contributed by atoms with Gasteiger partial charge in [0.1, 0.15) is 0 Å². The Bertz CT molecular complexity index is 385.